The van der Waals surface area contributed by atoms with Crippen molar-refractivity contribution in [3.63, 3.8) is 0 Å². The van der Waals surface area contributed by atoms with Crippen molar-refractivity contribution >= 4 is 11.6 Å². The quantitative estimate of drug-likeness (QED) is 0.782. The van der Waals surface area contributed by atoms with E-state index in [-0.39, 0.29) is 11.9 Å². The zero-order valence-electron chi connectivity index (χ0n) is 9.44. The molecule has 0 saturated carbocycles. The number of amides is 1. The molecule has 0 aromatic heterocycles. The molecule has 0 spiro atoms. The molecule has 1 aliphatic rings. The topological polar surface area (TPSA) is 32.3 Å². The first-order valence-corrected chi connectivity index (χ1v) is 5.44. The Labute approximate surface area is 95.8 Å². The molecule has 0 saturated heterocycles. The molecule has 1 aromatic rings. The molecule has 16 heavy (non-hydrogen) atoms. The Kier molecular flexibility index (Phi) is 3.06. The molecule has 1 amide bonds. The molecule has 1 aromatic carbocycles. The summed E-state index contributed by atoms with van der Waals surface area (Å²) in [7, 11) is 1.82. The lowest BCUT2D eigenvalue weighted by Gasteiger charge is -2.31. The van der Waals surface area contributed by atoms with E-state index >= 15 is 0 Å². The van der Waals surface area contributed by atoms with E-state index in [2.05, 4.69) is 18.0 Å². The molecule has 1 aliphatic heterocycles. The van der Waals surface area contributed by atoms with E-state index in [0.717, 1.165) is 12.2 Å². The van der Waals surface area contributed by atoms with Gasteiger partial charge in [-0.1, -0.05) is 24.3 Å². The molecule has 3 nitrogen and oxygen atoms in total. The SMILES string of the molecule is C=CCNC1CC(=O)N(C)c2ccccc21. The maximum atomic E-state index is 11.8. The van der Waals surface area contributed by atoms with E-state index in [1.165, 1.54) is 5.56 Å². The second kappa shape index (κ2) is 4.49. The van der Waals surface area contributed by atoms with Gasteiger partial charge in [0.15, 0.2) is 0 Å². The van der Waals surface area contributed by atoms with E-state index in [1.54, 1.807) is 4.90 Å². The highest BCUT2D eigenvalue weighted by atomic mass is 16.2. The second-order valence-electron chi connectivity index (χ2n) is 3.97. The van der Waals surface area contributed by atoms with Crippen molar-refractivity contribution in [3.8, 4) is 0 Å². The van der Waals surface area contributed by atoms with Gasteiger partial charge in [0.25, 0.3) is 0 Å². The second-order valence-corrected chi connectivity index (χ2v) is 3.97. The van der Waals surface area contributed by atoms with E-state index in [9.17, 15) is 4.79 Å². The molecule has 1 N–H and O–H groups in total. The number of nitrogens with one attached hydrogen (secondary N) is 1. The highest BCUT2D eigenvalue weighted by Gasteiger charge is 2.27. The van der Waals surface area contributed by atoms with Gasteiger partial charge in [-0.3, -0.25) is 4.79 Å². The van der Waals surface area contributed by atoms with Crippen LogP contribution in [0.3, 0.4) is 0 Å². The average Bonchev–Trinajstić information content (AvgIpc) is 2.32. The standard InChI is InChI=1S/C13H16N2O/c1-3-8-14-11-9-13(16)15(2)12-7-5-4-6-10(11)12/h3-7,11,14H,1,8-9H2,2H3. The summed E-state index contributed by atoms with van der Waals surface area (Å²) in [5.74, 6) is 0.153. The average molecular weight is 216 g/mol. The Balaban J connectivity index is 2.33. The Hall–Kier alpha value is -1.61. The molecule has 0 bridgehead atoms. The van der Waals surface area contributed by atoms with E-state index < -0.39 is 0 Å². The largest absolute Gasteiger partial charge is 0.315 e. The third kappa shape index (κ3) is 1.86. The van der Waals surface area contributed by atoms with Crippen molar-refractivity contribution in [2.75, 3.05) is 18.5 Å². The lowest BCUT2D eigenvalue weighted by Crippen LogP contribution is -2.37. The third-order valence-electron chi connectivity index (χ3n) is 2.93. The van der Waals surface area contributed by atoms with Crippen molar-refractivity contribution in [1.82, 2.24) is 5.32 Å². The first-order chi connectivity index (χ1) is 7.74. The van der Waals surface area contributed by atoms with Gasteiger partial charge in [0.05, 0.1) is 0 Å². The van der Waals surface area contributed by atoms with Crippen LogP contribution in [0, 0.1) is 0 Å². The minimum absolute atomic E-state index is 0.109. The number of carbonyl (C=O) groups excluding carboxylic acids is 1. The number of nitrogens with zero attached hydrogens (tertiary/aromatic N) is 1. The summed E-state index contributed by atoms with van der Waals surface area (Å²) >= 11 is 0. The lowest BCUT2D eigenvalue weighted by atomic mass is 9.96. The van der Waals surface area contributed by atoms with E-state index in [1.807, 2.05) is 31.3 Å². The lowest BCUT2D eigenvalue weighted by molar-refractivity contribution is -0.119. The number of rotatable bonds is 3. The Morgan fingerprint density at radius 2 is 2.31 bits per heavy atom. The number of fused-ring (bicyclic) bond motifs is 1. The first kappa shape index (κ1) is 10.9. The normalized spacial score (nSPS) is 19.4. The summed E-state index contributed by atoms with van der Waals surface area (Å²) < 4.78 is 0. The molecule has 0 aliphatic carbocycles. The maximum absolute atomic E-state index is 11.8. The number of hydrogen-bond donors (Lipinski definition) is 1. The van der Waals surface area contributed by atoms with Gasteiger partial charge in [0, 0.05) is 31.7 Å². The van der Waals surface area contributed by atoms with Gasteiger partial charge in [0.2, 0.25) is 5.91 Å². The summed E-state index contributed by atoms with van der Waals surface area (Å²) in [6.45, 7) is 4.40. The van der Waals surface area contributed by atoms with Crippen LogP contribution in [0.25, 0.3) is 0 Å². The molecule has 2 rings (SSSR count). The zero-order chi connectivity index (χ0) is 11.5. The Morgan fingerprint density at radius 1 is 1.56 bits per heavy atom. The Morgan fingerprint density at radius 3 is 3.06 bits per heavy atom. The van der Waals surface area contributed by atoms with Gasteiger partial charge in [-0.15, -0.1) is 6.58 Å². The fourth-order valence-electron chi connectivity index (χ4n) is 2.05. The summed E-state index contributed by atoms with van der Waals surface area (Å²) in [6, 6.07) is 8.12. The van der Waals surface area contributed by atoms with Gasteiger partial charge in [-0.05, 0) is 11.6 Å². The molecular weight excluding hydrogens is 200 g/mol. The predicted octanol–water partition coefficient (Wildman–Crippen LogP) is 1.87. The van der Waals surface area contributed by atoms with Crippen molar-refractivity contribution in [3.05, 3.63) is 42.5 Å². The minimum atomic E-state index is 0.109. The van der Waals surface area contributed by atoms with Crippen LogP contribution in [0.1, 0.15) is 18.0 Å². The van der Waals surface area contributed by atoms with Crippen molar-refractivity contribution in [1.29, 1.82) is 0 Å². The van der Waals surface area contributed by atoms with E-state index in [4.69, 9.17) is 0 Å². The smallest absolute Gasteiger partial charge is 0.228 e. The summed E-state index contributed by atoms with van der Waals surface area (Å²) in [5.41, 5.74) is 2.19. The highest BCUT2D eigenvalue weighted by Crippen LogP contribution is 2.33. The molecule has 1 atom stereocenters. The molecule has 1 heterocycles. The fourth-order valence-corrected chi connectivity index (χ4v) is 2.05. The maximum Gasteiger partial charge on any atom is 0.228 e. The van der Waals surface area contributed by atoms with Gasteiger partial charge in [-0.2, -0.15) is 0 Å². The molecule has 84 valence electrons. The van der Waals surface area contributed by atoms with Crippen molar-refractivity contribution < 1.29 is 4.79 Å². The first-order valence-electron chi connectivity index (χ1n) is 5.44. The molecular formula is C13H16N2O. The molecule has 0 fully saturated rings. The molecule has 1 unspecified atom stereocenters. The minimum Gasteiger partial charge on any atom is -0.315 e. The highest BCUT2D eigenvalue weighted by molar-refractivity contribution is 5.96. The van der Waals surface area contributed by atoms with Crippen LogP contribution in [0.4, 0.5) is 5.69 Å². The molecule has 0 radical (unpaired) electrons. The van der Waals surface area contributed by atoms with Crippen LogP contribution in [0.5, 0.6) is 0 Å². The number of anilines is 1. The van der Waals surface area contributed by atoms with Gasteiger partial charge in [0.1, 0.15) is 0 Å². The van der Waals surface area contributed by atoms with Crippen molar-refractivity contribution in [2.24, 2.45) is 0 Å². The van der Waals surface area contributed by atoms with Crippen LogP contribution in [0.2, 0.25) is 0 Å². The monoisotopic (exact) mass is 216 g/mol. The zero-order valence-corrected chi connectivity index (χ0v) is 9.44. The van der Waals surface area contributed by atoms with Crippen LogP contribution >= 0.6 is 0 Å². The molecule has 3 heteroatoms. The number of benzene rings is 1. The van der Waals surface area contributed by atoms with Gasteiger partial charge >= 0.3 is 0 Å². The third-order valence-corrected chi connectivity index (χ3v) is 2.93. The summed E-state index contributed by atoms with van der Waals surface area (Å²) in [4.78, 5) is 13.5. The van der Waals surface area contributed by atoms with Crippen LogP contribution in [-0.2, 0) is 4.79 Å². The number of hydrogen-bond acceptors (Lipinski definition) is 2. The van der Waals surface area contributed by atoms with Crippen LogP contribution < -0.4 is 10.2 Å². The predicted molar refractivity (Wildman–Crippen MR) is 65.4 cm³/mol. The van der Waals surface area contributed by atoms with Crippen LogP contribution in [0.15, 0.2) is 36.9 Å². The van der Waals surface area contributed by atoms with E-state index in [0.29, 0.717) is 6.42 Å². The summed E-state index contributed by atoms with van der Waals surface area (Å²) in [6.07, 6.45) is 2.33. The van der Waals surface area contributed by atoms with Gasteiger partial charge < -0.3 is 10.2 Å². The number of carbonyl (C=O) groups is 1. The number of para-hydroxylation sites is 1. The Bertz CT molecular complexity index is 414. The summed E-state index contributed by atoms with van der Waals surface area (Å²) in [5, 5.41) is 3.31. The van der Waals surface area contributed by atoms with Crippen molar-refractivity contribution in [2.45, 2.75) is 12.5 Å². The fraction of sp³-hybridized carbons (Fsp3) is 0.308. The van der Waals surface area contributed by atoms with Crippen LogP contribution in [-0.4, -0.2) is 19.5 Å². The van der Waals surface area contributed by atoms with Gasteiger partial charge in [-0.25, -0.2) is 0 Å².